The smallest absolute Gasteiger partial charge is 0.335 e. The number of benzene rings is 2. The zero-order valence-corrected chi connectivity index (χ0v) is 11.5. The number of hydrogen-bond donors (Lipinski definition) is 1. The quantitative estimate of drug-likeness (QED) is 0.933. The highest BCUT2D eigenvalue weighted by molar-refractivity contribution is 5.93. The van der Waals surface area contributed by atoms with Gasteiger partial charge in [-0.25, -0.2) is 4.79 Å². The Morgan fingerprint density at radius 3 is 2.81 bits per heavy atom. The molecule has 4 nitrogen and oxygen atoms in total. The van der Waals surface area contributed by atoms with Gasteiger partial charge in [0, 0.05) is 11.6 Å². The fraction of sp³-hybridized carbons (Fsp3) is 0.118. The van der Waals surface area contributed by atoms with E-state index in [4.69, 9.17) is 14.6 Å². The van der Waals surface area contributed by atoms with Gasteiger partial charge < -0.3 is 14.6 Å². The summed E-state index contributed by atoms with van der Waals surface area (Å²) in [6, 6.07) is 13.1. The van der Waals surface area contributed by atoms with Crippen molar-refractivity contribution < 1.29 is 19.4 Å². The van der Waals surface area contributed by atoms with Gasteiger partial charge in [0.2, 0.25) is 0 Å². The van der Waals surface area contributed by atoms with Crippen molar-refractivity contribution in [3.05, 3.63) is 59.2 Å². The SMILES string of the molecule is Cc1ccccc1Oc1ccc2c(c1)OCC(C(=O)O)=C2. The first-order valence-corrected chi connectivity index (χ1v) is 6.58. The van der Waals surface area contributed by atoms with Crippen molar-refractivity contribution >= 4 is 12.0 Å². The molecule has 0 aromatic heterocycles. The van der Waals surface area contributed by atoms with Crippen LogP contribution in [0.2, 0.25) is 0 Å². The first-order valence-electron chi connectivity index (χ1n) is 6.58. The van der Waals surface area contributed by atoms with Gasteiger partial charge in [0.05, 0.1) is 5.57 Å². The second kappa shape index (κ2) is 5.32. The first kappa shape index (κ1) is 13.2. The predicted molar refractivity (Wildman–Crippen MR) is 78.8 cm³/mol. The van der Waals surface area contributed by atoms with Crippen molar-refractivity contribution in [3.8, 4) is 17.2 Å². The highest BCUT2D eigenvalue weighted by atomic mass is 16.5. The van der Waals surface area contributed by atoms with Crippen LogP contribution in [0.25, 0.3) is 6.08 Å². The van der Waals surface area contributed by atoms with E-state index in [1.165, 1.54) is 0 Å². The molecule has 106 valence electrons. The van der Waals surface area contributed by atoms with Crippen LogP contribution in [0.1, 0.15) is 11.1 Å². The lowest BCUT2D eigenvalue weighted by Crippen LogP contribution is -2.14. The van der Waals surface area contributed by atoms with Crippen molar-refractivity contribution in [1.29, 1.82) is 0 Å². The molecule has 0 saturated heterocycles. The van der Waals surface area contributed by atoms with Crippen LogP contribution in [0.4, 0.5) is 0 Å². The molecule has 3 rings (SSSR count). The van der Waals surface area contributed by atoms with E-state index in [0.717, 1.165) is 16.9 Å². The molecule has 2 aromatic carbocycles. The van der Waals surface area contributed by atoms with E-state index in [2.05, 4.69) is 0 Å². The number of para-hydroxylation sites is 1. The second-order valence-electron chi connectivity index (χ2n) is 4.83. The number of aliphatic carboxylic acids is 1. The number of ether oxygens (including phenoxy) is 2. The Morgan fingerprint density at radius 1 is 1.24 bits per heavy atom. The number of hydrogen-bond acceptors (Lipinski definition) is 3. The lowest BCUT2D eigenvalue weighted by molar-refractivity contribution is -0.132. The minimum atomic E-state index is -0.958. The van der Waals surface area contributed by atoms with Crippen LogP contribution in [-0.4, -0.2) is 17.7 Å². The van der Waals surface area contributed by atoms with Crippen LogP contribution in [-0.2, 0) is 4.79 Å². The van der Waals surface area contributed by atoms with Gasteiger partial charge in [-0.1, -0.05) is 18.2 Å². The summed E-state index contributed by atoms with van der Waals surface area (Å²) in [6.07, 6.45) is 1.62. The maximum absolute atomic E-state index is 10.9. The third kappa shape index (κ3) is 2.74. The molecular weight excluding hydrogens is 268 g/mol. The minimum Gasteiger partial charge on any atom is -0.488 e. The summed E-state index contributed by atoms with van der Waals surface area (Å²) in [7, 11) is 0. The molecule has 0 unspecified atom stereocenters. The lowest BCUT2D eigenvalue weighted by Gasteiger charge is -2.17. The fourth-order valence-electron chi connectivity index (χ4n) is 2.13. The number of fused-ring (bicyclic) bond motifs is 1. The van der Waals surface area contributed by atoms with Crippen molar-refractivity contribution in [2.24, 2.45) is 0 Å². The molecule has 21 heavy (non-hydrogen) atoms. The molecule has 0 amide bonds. The molecule has 1 heterocycles. The van der Waals surface area contributed by atoms with E-state index in [9.17, 15) is 4.79 Å². The average Bonchev–Trinajstić information content (AvgIpc) is 2.49. The van der Waals surface area contributed by atoms with E-state index >= 15 is 0 Å². The normalized spacial score (nSPS) is 12.9. The van der Waals surface area contributed by atoms with Crippen molar-refractivity contribution in [2.75, 3.05) is 6.61 Å². The Labute approximate surface area is 122 Å². The van der Waals surface area contributed by atoms with Crippen molar-refractivity contribution in [3.63, 3.8) is 0 Å². The first-order chi connectivity index (χ1) is 10.1. The molecule has 0 atom stereocenters. The van der Waals surface area contributed by atoms with Crippen LogP contribution in [0, 0.1) is 6.92 Å². The summed E-state index contributed by atoms with van der Waals surface area (Å²) in [4.78, 5) is 10.9. The monoisotopic (exact) mass is 282 g/mol. The number of rotatable bonds is 3. The number of carboxylic acids is 1. The molecule has 1 aliphatic rings. The maximum Gasteiger partial charge on any atom is 0.335 e. The minimum absolute atomic E-state index is 0.0656. The van der Waals surface area contributed by atoms with Gasteiger partial charge in [0.15, 0.2) is 0 Å². The second-order valence-corrected chi connectivity index (χ2v) is 4.83. The van der Waals surface area contributed by atoms with E-state index in [1.54, 1.807) is 24.3 Å². The van der Waals surface area contributed by atoms with E-state index < -0.39 is 5.97 Å². The highest BCUT2D eigenvalue weighted by Crippen LogP contribution is 2.33. The Hall–Kier alpha value is -2.75. The number of aryl methyl sites for hydroxylation is 1. The van der Waals surface area contributed by atoms with Crippen LogP contribution < -0.4 is 9.47 Å². The van der Waals surface area contributed by atoms with Crippen molar-refractivity contribution in [1.82, 2.24) is 0 Å². The lowest BCUT2D eigenvalue weighted by atomic mass is 10.1. The maximum atomic E-state index is 10.9. The van der Waals surface area contributed by atoms with E-state index in [1.807, 2.05) is 31.2 Å². The van der Waals surface area contributed by atoms with Crippen molar-refractivity contribution in [2.45, 2.75) is 6.92 Å². The highest BCUT2D eigenvalue weighted by Gasteiger charge is 2.17. The Bertz CT molecular complexity index is 731. The van der Waals surface area contributed by atoms with Gasteiger partial charge in [0.25, 0.3) is 0 Å². The van der Waals surface area contributed by atoms with Gasteiger partial charge in [-0.15, -0.1) is 0 Å². The van der Waals surface area contributed by atoms with Crippen LogP contribution in [0.15, 0.2) is 48.0 Å². The molecule has 1 aliphatic heterocycles. The molecule has 0 fully saturated rings. The molecule has 0 spiro atoms. The topological polar surface area (TPSA) is 55.8 Å². The summed E-state index contributed by atoms with van der Waals surface area (Å²) in [5, 5.41) is 8.97. The average molecular weight is 282 g/mol. The van der Waals surface area contributed by atoms with E-state index in [-0.39, 0.29) is 12.2 Å². The predicted octanol–water partition coefficient (Wildman–Crippen LogP) is 3.65. The Kier molecular flexibility index (Phi) is 3.36. The van der Waals surface area contributed by atoms with Gasteiger partial charge in [-0.05, 0) is 36.8 Å². The zero-order valence-electron chi connectivity index (χ0n) is 11.5. The summed E-state index contributed by atoms with van der Waals surface area (Å²) in [5.41, 5.74) is 2.04. The van der Waals surface area contributed by atoms with Crippen LogP contribution >= 0.6 is 0 Å². The summed E-state index contributed by atoms with van der Waals surface area (Å²) in [6.45, 7) is 2.04. The number of carboxylic acid groups (broad SMARTS) is 1. The third-order valence-electron chi connectivity index (χ3n) is 3.29. The molecule has 2 aromatic rings. The molecule has 0 saturated carbocycles. The molecular formula is C17H14O4. The largest absolute Gasteiger partial charge is 0.488 e. The van der Waals surface area contributed by atoms with Gasteiger partial charge in [-0.3, -0.25) is 0 Å². The fourth-order valence-corrected chi connectivity index (χ4v) is 2.13. The molecule has 1 N–H and O–H groups in total. The summed E-state index contributed by atoms with van der Waals surface area (Å²) < 4.78 is 11.3. The van der Waals surface area contributed by atoms with Crippen LogP contribution in [0.3, 0.4) is 0 Å². The zero-order chi connectivity index (χ0) is 14.8. The molecule has 0 aliphatic carbocycles. The molecule has 4 heteroatoms. The Morgan fingerprint density at radius 2 is 2.05 bits per heavy atom. The Balaban J connectivity index is 1.88. The number of carbonyl (C=O) groups is 1. The molecule has 0 bridgehead atoms. The van der Waals surface area contributed by atoms with Gasteiger partial charge >= 0.3 is 5.97 Å². The van der Waals surface area contributed by atoms with E-state index in [0.29, 0.717) is 11.5 Å². The van der Waals surface area contributed by atoms with Gasteiger partial charge in [0.1, 0.15) is 23.9 Å². The summed E-state index contributed by atoms with van der Waals surface area (Å²) in [5.74, 6) is 1.12. The molecule has 0 radical (unpaired) electrons. The van der Waals surface area contributed by atoms with Gasteiger partial charge in [-0.2, -0.15) is 0 Å². The summed E-state index contributed by atoms with van der Waals surface area (Å²) >= 11 is 0. The third-order valence-corrected chi connectivity index (χ3v) is 3.29. The standard InChI is InChI=1S/C17H14O4/c1-11-4-2-3-5-15(11)21-14-7-6-12-8-13(17(18)19)10-20-16(12)9-14/h2-9H,10H2,1H3,(H,18,19). The van der Waals surface area contributed by atoms with Crippen LogP contribution in [0.5, 0.6) is 17.2 Å².